The van der Waals surface area contributed by atoms with Crippen molar-refractivity contribution in [2.75, 3.05) is 6.54 Å². The first kappa shape index (κ1) is 15.4. The van der Waals surface area contributed by atoms with Crippen LogP contribution >= 0.6 is 22.9 Å². The van der Waals surface area contributed by atoms with Crippen LogP contribution in [0.15, 0.2) is 60.8 Å². The molecule has 0 saturated carbocycles. The van der Waals surface area contributed by atoms with Gasteiger partial charge in [0.1, 0.15) is 18.9 Å². The molecule has 0 bridgehead atoms. The molecule has 0 fully saturated rings. The maximum absolute atomic E-state index is 8.61. The Morgan fingerprint density at radius 1 is 1.14 bits per heavy atom. The molecule has 0 aliphatic heterocycles. The first-order valence-electron chi connectivity index (χ1n) is 6.52. The highest BCUT2D eigenvalue weighted by atomic mass is 127. The fraction of sp³-hybridized carbons (Fsp3) is 0.118. The Bertz CT molecular complexity index is 635. The summed E-state index contributed by atoms with van der Waals surface area (Å²) in [6, 6.07) is 20.1. The highest BCUT2D eigenvalue weighted by Gasteiger charge is 1.97. The van der Waals surface area contributed by atoms with E-state index in [2.05, 4.69) is 28.9 Å². The molecule has 4 heteroatoms. The van der Waals surface area contributed by atoms with Crippen molar-refractivity contribution in [1.82, 2.24) is 3.11 Å². The molecule has 0 aliphatic rings. The summed E-state index contributed by atoms with van der Waals surface area (Å²) in [7, 11) is 0. The third-order valence-corrected chi connectivity index (χ3v) is 3.42. The van der Waals surface area contributed by atoms with Crippen LogP contribution in [0.3, 0.4) is 0 Å². The lowest BCUT2D eigenvalue weighted by atomic mass is 10.2. The molecule has 0 atom stereocenters. The minimum Gasteiger partial charge on any atom is -0.489 e. The molecule has 0 N–H and O–H groups in total. The first-order valence-corrected chi connectivity index (χ1v) is 7.49. The average molecular weight is 390 g/mol. The molecular weight excluding hydrogens is 375 g/mol. The predicted octanol–water partition coefficient (Wildman–Crippen LogP) is 4.41. The maximum atomic E-state index is 8.61. The predicted molar refractivity (Wildman–Crippen MR) is 92.6 cm³/mol. The zero-order valence-corrected chi connectivity index (χ0v) is 13.6. The number of hydrogen-bond donors (Lipinski definition) is 0. The smallest absolute Gasteiger partial charge is 0.120 e. The summed E-state index contributed by atoms with van der Waals surface area (Å²) in [5, 5.41) is 8.61. The minimum atomic E-state index is 0.362. The second-order valence-electron chi connectivity index (χ2n) is 4.38. The van der Waals surface area contributed by atoms with Crippen LogP contribution in [0.1, 0.15) is 11.1 Å². The fourth-order valence-corrected chi connectivity index (χ4v) is 2.05. The molecule has 0 spiro atoms. The zero-order chi connectivity index (χ0) is 14.9. The van der Waals surface area contributed by atoms with Gasteiger partial charge in [0.2, 0.25) is 0 Å². The molecule has 0 saturated heterocycles. The molecular formula is C17H15IN2O. The van der Waals surface area contributed by atoms with Crippen LogP contribution in [0, 0.1) is 11.3 Å². The summed E-state index contributed by atoms with van der Waals surface area (Å²) in [4.78, 5) is 0. The van der Waals surface area contributed by atoms with E-state index in [1.165, 1.54) is 0 Å². The lowest BCUT2D eigenvalue weighted by Crippen LogP contribution is -2.01. The Kier molecular flexibility index (Phi) is 6.10. The Balaban J connectivity index is 1.96. The number of rotatable bonds is 6. The van der Waals surface area contributed by atoms with Gasteiger partial charge in [-0.2, -0.15) is 5.26 Å². The molecule has 21 heavy (non-hydrogen) atoms. The van der Waals surface area contributed by atoms with Gasteiger partial charge in [-0.05, 0) is 29.3 Å². The van der Waals surface area contributed by atoms with Crippen LogP contribution in [0.5, 0.6) is 5.75 Å². The third-order valence-electron chi connectivity index (χ3n) is 2.76. The third kappa shape index (κ3) is 5.48. The van der Waals surface area contributed by atoms with E-state index in [4.69, 9.17) is 10.00 Å². The first-order chi connectivity index (χ1) is 10.3. The molecule has 3 nitrogen and oxygen atoms in total. The molecule has 2 aromatic carbocycles. The van der Waals surface area contributed by atoms with Crippen molar-refractivity contribution in [3.8, 4) is 11.8 Å². The molecule has 2 aromatic rings. The lowest BCUT2D eigenvalue weighted by molar-refractivity contribution is 0.306. The Hall–Kier alpha value is -2.00. The number of ether oxygens (including phenoxy) is 1. The van der Waals surface area contributed by atoms with Crippen LogP contribution in [0.4, 0.5) is 0 Å². The molecule has 0 amide bonds. The van der Waals surface area contributed by atoms with Crippen molar-refractivity contribution in [3.63, 3.8) is 0 Å². The highest BCUT2D eigenvalue weighted by Crippen LogP contribution is 2.16. The van der Waals surface area contributed by atoms with Crippen molar-refractivity contribution in [2.45, 2.75) is 6.61 Å². The summed E-state index contributed by atoms with van der Waals surface area (Å²) in [5.41, 5.74) is 2.19. The van der Waals surface area contributed by atoms with Gasteiger partial charge in [-0.25, -0.2) is 0 Å². The lowest BCUT2D eigenvalue weighted by Gasteiger charge is -2.08. The topological polar surface area (TPSA) is 36.3 Å². The van der Waals surface area contributed by atoms with E-state index in [-0.39, 0.29) is 0 Å². The van der Waals surface area contributed by atoms with Gasteiger partial charge in [-0.3, -0.25) is 0 Å². The van der Waals surface area contributed by atoms with Gasteiger partial charge in [0.25, 0.3) is 0 Å². The Morgan fingerprint density at radius 3 is 2.71 bits per heavy atom. The number of benzene rings is 2. The number of nitriles is 1. The number of halogens is 1. The van der Waals surface area contributed by atoms with Crippen molar-refractivity contribution < 1.29 is 4.74 Å². The van der Waals surface area contributed by atoms with Crippen LogP contribution in [0.25, 0.3) is 6.08 Å². The van der Waals surface area contributed by atoms with E-state index in [0.29, 0.717) is 13.2 Å². The van der Waals surface area contributed by atoms with E-state index < -0.39 is 0 Å². The van der Waals surface area contributed by atoms with Crippen LogP contribution in [0.2, 0.25) is 0 Å². The van der Waals surface area contributed by atoms with Gasteiger partial charge < -0.3 is 7.85 Å². The van der Waals surface area contributed by atoms with E-state index in [1.54, 1.807) is 3.11 Å². The van der Waals surface area contributed by atoms with Gasteiger partial charge >= 0.3 is 0 Å². The standard InChI is InChI=1S/C17H15IN2O/c18-20(12-10-19)11-9-15-7-4-8-17(13-15)21-14-16-5-2-1-3-6-16/h1-9,11,13H,12,14H2/b11-9-. The molecule has 0 unspecified atom stereocenters. The second-order valence-corrected chi connectivity index (χ2v) is 5.62. The van der Waals surface area contributed by atoms with Crippen molar-refractivity contribution in [3.05, 3.63) is 71.9 Å². The zero-order valence-electron chi connectivity index (χ0n) is 11.4. The summed E-state index contributed by atoms with van der Waals surface area (Å²) < 4.78 is 7.59. The largest absolute Gasteiger partial charge is 0.489 e. The van der Waals surface area contributed by atoms with E-state index >= 15 is 0 Å². The van der Waals surface area contributed by atoms with E-state index in [0.717, 1.165) is 16.9 Å². The molecule has 0 radical (unpaired) electrons. The molecule has 0 aliphatic carbocycles. The Morgan fingerprint density at radius 2 is 1.95 bits per heavy atom. The van der Waals surface area contributed by atoms with Crippen molar-refractivity contribution in [1.29, 1.82) is 5.26 Å². The van der Waals surface area contributed by atoms with Gasteiger partial charge in [0.05, 0.1) is 28.9 Å². The fourth-order valence-electron chi connectivity index (χ4n) is 1.74. The van der Waals surface area contributed by atoms with Gasteiger partial charge in [-0.15, -0.1) is 0 Å². The minimum absolute atomic E-state index is 0.362. The monoisotopic (exact) mass is 390 g/mol. The van der Waals surface area contributed by atoms with Crippen molar-refractivity contribution in [2.24, 2.45) is 0 Å². The van der Waals surface area contributed by atoms with Gasteiger partial charge in [0.15, 0.2) is 0 Å². The second kappa shape index (κ2) is 8.32. The van der Waals surface area contributed by atoms with Crippen LogP contribution < -0.4 is 4.74 Å². The van der Waals surface area contributed by atoms with Gasteiger partial charge in [-0.1, -0.05) is 42.5 Å². The number of hydrogen-bond acceptors (Lipinski definition) is 3. The molecule has 0 aromatic heterocycles. The normalized spacial score (nSPS) is 10.3. The SMILES string of the molecule is N#CCN(I)/C=C\c1cccc(OCc2ccccc2)c1. The maximum Gasteiger partial charge on any atom is 0.120 e. The molecule has 0 heterocycles. The average Bonchev–Trinajstić information content (AvgIpc) is 2.53. The highest BCUT2D eigenvalue weighted by molar-refractivity contribution is 14.1. The molecule has 2 rings (SSSR count). The van der Waals surface area contributed by atoms with Crippen molar-refractivity contribution >= 4 is 28.9 Å². The summed E-state index contributed by atoms with van der Waals surface area (Å²) >= 11 is 2.09. The van der Waals surface area contributed by atoms with Crippen LogP contribution in [-0.4, -0.2) is 9.66 Å². The number of nitrogens with zero attached hydrogens (tertiary/aromatic N) is 2. The summed E-state index contributed by atoms with van der Waals surface area (Å²) in [5.74, 6) is 0.835. The van der Waals surface area contributed by atoms with Crippen LogP contribution in [-0.2, 0) is 6.61 Å². The van der Waals surface area contributed by atoms with E-state index in [1.807, 2.05) is 66.9 Å². The Labute approximate surface area is 139 Å². The molecule has 106 valence electrons. The van der Waals surface area contributed by atoms with Gasteiger partial charge in [0, 0.05) is 6.20 Å². The summed E-state index contributed by atoms with van der Waals surface area (Å²) in [6.45, 7) is 0.919. The van der Waals surface area contributed by atoms with E-state index in [9.17, 15) is 0 Å². The quantitative estimate of drug-likeness (QED) is 0.417. The summed E-state index contributed by atoms with van der Waals surface area (Å²) in [6.07, 6.45) is 3.83.